The molecule has 4 rings (SSSR count). The normalized spacial score (nSPS) is 14.1. The second-order valence-electron chi connectivity index (χ2n) is 8.36. The maximum absolute atomic E-state index is 13.6. The van der Waals surface area contributed by atoms with Crippen molar-refractivity contribution in [1.82, 2.24) is 29.4 Å². The predicted octanol–water partition coefficient (Wildman–Crippen LogP) is 3.46. The highest BCUT2D eigenvalue weighted by Crippen LogP contribution is 2.38. The summed E-state index contributed by atoms with van der Waals surface area (Å²) in [5.41, 5.74) is 1.33. The van der Waals surface area contributed by atoms with Gasteiger partial charge in [-0.3, -0.25) is 14.5 Å². The fourth-order valence-electron chi connectivity index (χ4n) is 3.51. The Kier molecular flexibility index (Phi) is 6.10. The molecule has 0 bridgehead atoms. The summed E-state index contributed by atoms with van der Waals surface area (Å²) in [6, 6.07) is 2.10. The Morgan fingerprint density at radius 2 is 1.81 bits per heavy atom. The van der Waals surface area contributed by atoms with E-state index in [1.807, 2.05) is 0 Å². The Morgan fingerprint density at radius 1 is 1.11 bits per heavy atom. The van der Waals surface area contributed by atoms with E-state index in [1.54, 1.807) is 0 Å². The maximum Gasteiger partial charge on any atom is 0.418 e. The topological polar surface area (TPSA) is 136 Å². The van der Waals surface area contributed by atoms with E-state index >= 15 is 0 Å². The Morgan fingerprint density at radius 3 is 2.46 bits per heavy atom. The zero-order chi connectivity index (χ0) is 27.3. The fraction of sp³-hybridized carbons (Fsp3) is 0.286. The Balaban J connectivity index is 1.65. The molecule has 4 aromatic rings. The molecule has 0 radical (unpaired) electrons. The van der Waals surface area contributed by atoms with Crippen LogP contribution in [0.3, 0.4) is 0 Å². The summed E-state index contributed by atoms with van der Waals surface area (Å²) in [7, 11) is 0. The lowest BCUT2D eigenvalue weighted by atomic mass is 10.1. The third-order valence-corrected chi connectivity index (χ3v) is 5.49. The van der Waals surface area contributed by atoms with E-state index in [1.165, 1.54) is 19.2 Å². The standard InChI is InChI=1S/C21H18F6N8O2/c1-10-13(18(36)33-12-6-31-34(7-12)8-19(2,37)21(25,26)27)3-11(5-29-10)15-4-14(20(22,23)24)16-17(28)30-9-32-35(15)16/h3-7,9,37H,8H2,1-2H3,(H,33,36)(H2,28,30,32). The monoisotopic (exact) mass is 528 g/mol. The van der Waals surface area contributed by atoms with Crippen LogP contribution in [0.25, 0.3) is 16.8 Å². The second kappa shape index (κ2) is 8.72. The second-order valence-corrected chi connectivity index (χ2v) is 8.36. The number of carbonyl (C=O) groups excluding carboxylic acids is 1. The molecule has 1 amide bonds. The Bertz CT molecular complexity index is 1490. The molecule has 0 saturated heterocycles. The molecule has 196 valence electrons. The van der Waals surface area contributed by atoms with Crippen LogP contribution in [-0.2, 0) is 12.7 Å². The lowest BCUT2D eigenvalue weighted by Crippen LogP contribution is -2.45. The summed E-state index contributed by atoms with van der Waals surface area (Å²) < 4.78 is 81.4. The highest BCUT2D eigenvalue weighted by Gasteiger charge is 2.50. The highest BCUT2D eigenvalue weighted by atomic mass is 19.4. The molecule has 16 heteroatoms. The number of pyridine rings is 1. The van der Waals surface area contributed by atoms with E-state index in [-0.39, 0.29) is 28.2 Å². The van der Waals surface area contributed by atoms with E-state index in [0.717, 1.165) is 34.0 Å². The minimum absolute atomic E-state index is 0.0146. The first-order chi connectivity index (χ1) is 17.1. The third kappa shape index (κ3) is 4.91. The Hall–Kier alpha value is -4.21. The lowest BCUT2D eigenvalue weighted by molar-refractivity contribution is -0.258. The number of hydrogen-bond acceptors (Lipinski definition) is 7. The van der Waals surface area contributed by atoms with E-state index in [0.29, 0.717) is 6.92 Å². The van der Waals surface area contributed by atoms with Gasteiger partial charge in [0.05, 0.1) is 40.9 Å². The largest absolute Gasteiger partial charge is 0.418 e. The first kappa shape index (κ1) is 25.9. The number of aliphatic hydroxyl groups is 1. The molecule has 4 N–H and O–H groups in total. The van der Waals surface area contributed by atoms with Gasteiger partial charge in [-0.2, -0.15) is 36.5 Å². The van der Waals surface area contributed by atoms with Gasteiger partial charge in [-0.1, -0.05) is 0 Å². The van der Waals surface area contributed by atoms with E-state index in [9.17, 15) is 36.2 Å². The van der Waals surface area contributed by atoms with Crippen molar-refractivity contribution in [3.8, 4) is 11.3 Å². The van der Waals surface area contributed by atoms with Crippen molar-refractivity contribution in [2.45, 2.75) is 38.3 Å². The summed E-state index contributed by atoms with van der Waals surface area (Å²) in [6.07, 6.45) is -5.28. The number of amides is 1. The smallest absolute Gasteiger partial charge is 0.382 e. The van der Waals surface area contributed by atoms with Crippen molar-refractivity contribution < 1.29 is 36.2 Å². The molecule has 0 spiro atoms. The van der Waals surface area contributed by atoms with Crippen LogP contribution in [0.15, 0.2) is 37.1 Å². The van der Waals surface area contributed by atoms with Crippen LogP contribution in [0.2, 0.25) is 0 Å². The maximum atomic E-state index is 13.6. The van der Waals surface area contributed by atoms with Gasteiger partial charge in [-0.15, -0.1) is 0 Å². The first-order valence-electron chi connectivity index (χ1n) is 10.4. The summed E-state index contributed by atoms with van der Waals surface area (Å²) in [6.45, 7) is 1.15. The number of fused-ring (bicyclic) bond motifs is 1. The van der Waals surface area contributed by atoms with E-state index < -0.39 is 47.3 Å². The first-order valence-corrected chi connectivity index (χ1v) is 10.4. The molecular weight excluding hydrogens is 510 g/mol. The van der Waals surface area contributed by atoms with Crippen molar-refractivity contribution in [2.24, 2.45) is 0 Å². The van der Waals surface area contributed by atoms with Gasteiger partial charge >= 0.3 is 12.4 Å². The molecule has 0 aliphatic rings. The number of halogens is 6. The van der Waals surface area contributed by atoms with Crippen LogP contribution in [0.4, 0.5) is 37.8 Å². The number of nitrogens with zero attached hydrogens (tertiary/aromatic N) is 6. The summed E-state index contributed by atoms with van der Waals surface area (Å²) >= 11 is 0. The Labute approximate surface area is 203 Å². The van der Waals surface area contributed by atoms with Crippen molar-refractivity contribution >= 4 is 22.9 Å². The quantitative estimate of drug-likeness (QED) is 0.338. The van der Waals surface area contributed by atoms with Gasteiger partial charge in [0.2, 0.25) is 0 Å². The molecule has 4 aromatic heterocycles. The van der Waals surface area contributed by atoms with Gasteiger partial charge < -0.3 is 16.2 Å². The molecule has 0 aromatic carbocycles. The molecule has 1 atom stereocenters. The van der Waals surface area contributed by atoms with Gasteiger partial charge in [-0.05, 0) is 26.0 Å². The average Bonchev–Trinajstić information content (AvgIpc) is 3.38. The summed E-state index contributed by atoms with van der Waals surface area (Å²) in [5.74, 6) is -1.15. The molecular formula is C21H18F6N8O2. The molecule has 0 fully saturated rings. The van der Waals surface area contributed by atoms with Gasteiger partial charge in [0.15, 0.2) is 11.4 Å². The van der Waals surface area contributed by atoms with Gasteiger partial charge in [0.1, 0.15) is 11.8 Å². The molecule has 0 aliphatic carbocycles. The molecule has 0 saturated carbocycles. The van der Waals surface area contributed by atoms with E-state index in [2.05, 4.69) is 25.5 Å². The fourth-order valence-corrected chi connectivity index (χ4v) is 3.51. The number of nitrogens with two attached hydrogens (primary N) is 1. The number of carbonyl (C=O) groups is 1. The molecule has 1 unspecified atom stereocenters. The summed E-state index contributed by atoms with van der Waals surface area (Å²) in [4.78, 5) is 20.6. The average molecular weight is 528 g/mol. The van der Waals surface area contributed by atoms with E-state index in [4.69, 9.17) is 5.73 Å². The number of nitrogen functional groups attached to an aromatic ring is 1. The zero-order valence-corrected chi connectivity index (χ0v) is 19.1. The van der Waals surface area contributed by atoms with Crippen LogP contribution in [0.1, 0.15) is 28.5 Å². The van der Waals surface area contributed by atoms with Crippen LogP contribution in [0.5, 0.6) is 0 Å². The highest BCUT2D eigenvalue weighted by molar-refractivity contribution is 6.05. The minimum Gasteiger partial charge on any atom is -0.382 e. The predicted molar refractivity (Wildman–Crippen MR) is 117 cm³/mol. The number of alkyl halides is 6. The van der Waals surface area contributed by atoms with Gasteiger partial charge in [0.25, 0.3) is 5.91 Å². The van der Waals surface area contributed by atoms with Crippen molar-refractivity contribution in [3.05, 3.63) is 53.9 Å². The number of aromatic nitrogens is 6. The number of hydrogen-bond donors (Lipinski definition) is 3. The third-order valence-electron chi connectivity index (χ3n) is 5.49. The van der Waals surface area contributed by atoms with Gasteiger partial charge in [0, 0.05) is 18.0 Å². The van der Waals surface area contributed by atoms with Crippen molar-refractivity contribution in [2.75, 3.05) is 11.1 Å². The van der Waals surface area contributed by atoms with Gasteiger partial charge in [-0.25, -0.2) is 9.50 Å². The minimum atomic E-state index is -4.91. The van der Waals surface area contributed by atoms with Crippen LogP contribution in [-0.4, -0.2) is 52.2 Å². The molecule has 0 aliphatic heterocycles. The SMILES string of the molecule is Cc1ncc(-c2cc(C(F)(F)F)c3c(N)ncnn23)cc1C(=O)Nc1cnn(CC(C)(O)C(F)(F)F)c1. The zero-order valence-electron chi connectivity index (χ0n) is 19.1. The van der Waals surface area contributed by atoms with Crippen molar-refractivity contribution in [1.29, 1.82) is 0 Å². The van der Waals surface area contributed by atoms with Crippen molar-refractivity contribution in [3.63, 3.8) is 0 Å². The number of anilines is 2. The van der Waals surface area contributed by atoms with Crippen LogP contribution < -0.4 is 11.1 Å². The lowest BCUT2D eigenvalue weighted by Gasteiger charge is -2.25. The van der Waals surface area contributed by atoms with Crippen LogP contribution in [0, 0.1) is 6.92 Å². The van der Waals surface area contributed by atoms with Crippen LogP contribution >= 0.6 is 0 Å². The number of aryl methyl sites for hydroxylation is 1. The molecule has 4 heterocycles. The molecule has 37 heavy (non-hydrogen) atoms. The number of nitrogens with one attached hydrogen (secondary N) is 1. The summed E-state index contributed by atoms with van der Waals surface area (Å²) in [5, 5.41) is 19.6. The molecule has 10 nitrogen and oxygen atoms in total. The number of rotatable bonds is 5.